The fourth-order valence-corrected chi connectivity index (χ4v) is 3.73. The summed E-state index contributed by atoms with van der Waals surface area (Å²) in [5.41, 5.74) is 3.26. The molecule has 116 valence electrons. The van der Waals surface area contributed by atoms with Gasteiger partial charge in [-0.2, -0.15) is 0 Å². The first kappa shape index (κ1) is 15.1. The molecular weight excluding hydrogens is 298 g/mol. The summed E-state index contributed by atoms with van der Waals surface area (Å²) in [5.74, 6) is 0.948. The molecule has 1 aliphatic heterocycles. The molecule has 4 nitrogen and oxygen atoms in total. The van der Waals surface area contributed by atoms with Crippen molar-refractivity contribution >= 4 is 10.0 Å². The monoisotopic (exact) mass is 317 g/mol. The minimum Gasteiger partial charge on any atom is -0.493 e. The lowest BCUT2D eigenvalue weighted by atomic mass is 10.1. The number of benzene rings is 2. The molecule has 0 amide bonds. The second-order valence-corrected chi connectivity index (χ2v) is 7.27. The molecule has 0 spiro atoms. The third-order valence-corrected chi connectivity index (χ3v) is 5.22. The Hall–Kier alpha value is -1.85. The van der Waals surface area contributed by atoms with Crippen LogP contribution >= 0.6 is 0 Å². The average molecular weight is 317 g/mol. The number of hydrogen-bond acceptors (Lipinski definition) is 3. The summed E-state index contributed by atoms with van der Waals surface area (Å²) in [4.78, 5) is 0.315. The van der Waals surface area contributed by atoms with Crippen LogP contribution in [-0.2, 0) is 22.9 Å². The van der Waals surface area contributed by atoms with Gasteiger partial charge < -0.3 is 4.74 Å². The second kappa shape index (κ2) is 6.10. The van der Waals surface area contributed by atoms with Gasteiger partial charge in [0, 0.05) is 13.0 Å². The van der Waals surface area contributed by atoms with Crippen LogP contribution in [0, 0.1) is 6.92 Å². The Kier molecular flexibility index (Phi) is 4.18. The number of fused-ring (bicyclic) bond motifs is 1. The van der Waals surface area contributed by atoms with E-state index in [0.717, 1.165) is 29.9 Å². The quantitative estimate of drug-likeness (QED) is 0.921. The number of rotatable bonds is 5. The van der Waals surface area contributed by atoms with E-state index < -0.39 is 10.0 Å². The Morgan fingerprint density at radius 3 is 2.86 bits per heavy atom. The summed E-state index contributed by atoms with van der Waals surface area (Å²) < 4.78 is 32.6. The summed E-state index contributed by atoms with van der Waals surface area (Å²) >= 11 is 0. The maximum atomic E-state index is 12.2. The Balaban J connectivity index is 1.63. The van der Waals surface area contributed by atoms with Crippen molar-refractivity contribution in [1.82, 2.24) is 4.72 Å². The molecule has 0 bridgehead atoms. The third-order valence-electron chi connectivity index (χ3n) is 3.76. The molecule has 0 radical (unpaired) electrons. The molecule has 0 saturated heterocycles. The summed E-state index contributed by atoms with van der Waals surface area (Å²) in [7, 11) is -3.44. The van der Waals surface area contributed by atoms with Crippen molar-refractivity contribution in [2.24, 2.45) is 0 Å². The van der Waals surface area contributed by atoms with Crippen LogP contribution in [0.15, 0.2) is 47.4 Å². The molecule has 22 heavy (non-hydrogen) atoms. The SMILES string of the molecule is Cc1cccc(S(=O)(=O)NCCc2ccc3c(c2)CCO3)c1. The molecule has 2 aromatic carbocycles. The number of nitrogens with one attached hydrogen (secondary N) is 1. The van der Waals surface area contributed by atoms with Crippen LogP contribution in [0.2, 0.25) is 0 Å². The molecule has 0 saturated carbocycles. The highest BCUT2D eigenvalue weighted by Crippen LogP contribution is 2.25. The number of ether oxygens (including phenoxy) is 1. The molecular formula is C17H19NO3S. The average Bonchev–Trinajstić information content (AvgIpc) is 2.94. The summed E-state index contributed by atoms with van der Waals surface area (Å²) in [6, 6.07) is 13.0. The molecule has 0 aliphatic carbocycles. The maximum Gasteiger partial charge on any atom is 0.240 e. The zero-order chi connectivity index (χ0) is 15.6. The fraction of sp³-hybridized carbons (Fsp3) is 0.294. The van der Waals surface area contributed by atoms with Gasteiger partial charge in [0.2, 0.25) is 10.0 Å². The molecule has 1 aliphatic rings. The molecule has 5 heteroatoms. The van der Waals surface area contributed by atoms with E-state index in [2.05, 4.69) is 10.8 Å². The van der Waals surface area contributed by atoms with E-state index >= 15 is 0 Å². The first-order valence-corrected chi connectivity index (χ1v) is 8.84. The zero-order valence-electron chi connectivity index (χ0n) is 12.5. The van der Waals surface area contributed by atoms with Crippen LogP contribution in [0.1, 0.15) is 16.7 Å². The van der Waals surface area contributed by atoms with Crippen molar-refractivity contribution in [3.63, 3.8) is 0 Å². The maximum absolute atomic E-state index is 12.2. The number of hydrogen-bond donors (Lipinski definition) is 1. The van der Waals surface area contributed by atoms with Gasteiger partial charge in [0.25, 0.3) is 0 Å². The molecule has 1 N–H and O–H groups in total. The van der Waals surface area contributed by atoms with Crippen molar-refractivity contribution in [3.05, 3.63) is 59.2 Å². The first-order chi connectivity index (χ1) is 10.5. The van der Waals surface area contributed by atoms with Crippen LogP contribution in [0.4, 0.5) is 0 Å². The molecule has 1 heterocycles. The van der Waals surface area contributed by atoms with E-state index in [4.69, 9.17) is 4.74 Å². The Morgan fingerprint density at radius 1 is 1.18 bits per heavy atom. The van der Waals surface area contributed by atoms with Crippen molar-refractivity contribution in [3.8, 4) is 5.75 Å². The highest BCUT2D eigenvalue weighted by atomic mass is 32.2. The molecule has 0 aromatic heterocycles. The van der Waals surface area contributed by atoms with Crippen LogP contribution in [0.5, 0.6) is 5.75 Å². The van der Waals surface area contributed by atoms with Gasteiger partial charge in [-0.25, -0.2) is 13.1 Å². The van der Waals surface area contributed by atoms with Gasteiger partial charge >= 0.3 is 0 Å². The second-order valence-electron chi connectivity index (χ2n) is 5.50. The van der Waals surface area contributed by atoms with Crippen LogP contribution in [0.25, 0.3) is 0 Å². The van der Waals surface area contributed by atoms with Gasteiger partial charge in [0.05, 0.1) is 11.5 Å². The highest BCUT2D eigenvalue weighted by Gasteiger charge is 2.14. The topological polar surface area (TPSA) is 55.4 Å². The van der Waals surface area contributed by atoms with E-state index in [-0.39, 0.29) is 0 Å². The van der Waals surface area contributed by atoms with E-state index in [1.807, 2.05) is 25.1 Å². The predicted molar refractivity (Wildman–Crippen MR) is 85.7 cm³/mol. The molecule has 3 rings (SSSR count). The van der Waals surface area contributed by atoms with Gasteiger partial charge in [0.15, 0.2) is 0 Å². The lowest BCUT2D eigenvalue weighted by molar-refractivity contribution is 0.357. The van der Waals surface area contributed by atoms with Crippen LogP contribution in [0.3, 0.4) is 0 Å². The van der Waals surface area contributed by atoms with Gasteiger partial charge in [-0.1, -0.05) is 24.3 Å². The molecule has 0 fully saturated rings. The van der Waals surface area contributed by atoms with Crippen molar-refractivity contribution in [2.75, 3.05) is 13.2 Å². The summed E-state index contributed by atoms with van der Waals surface area (Å²) in [6.45, 7) is 3.00. The normalized spacial score (nSPS) is 13.7. The lowest BCUT2D eigenvalue weighted by Gasteiger charge is -2.08. The minimum absolute atomic E-state index is 0.315. The van der Waals surface area contributed by atoms with Gasteiger partial charge in [0.1, 0.15) is 5.75 Å². The number of aryl methyl sites for hydroxylation is 1. The van der Waals surface area contributed by atoms with Gasteiger partial charge in [-0.05, 0) is 48.2 Å². The van der Waals surface area contributed by atoms with E-state index in [0.29, 0.717) is 17.9 Å². The molecule has 2 aromatic rings. The predicted octanol–water partition coefficient (Wildman–Crippen LogP) is 2.45. The van der Waals surface area contributed by atoms with Crippen molar-refractivity contribution in [2.45, 2.75) is 24.7 Å². The van der Waals surface area contributed by atoms with Crippen LogP contribution in [-0.4, -0.2) is 21.6 Å². The molecule has 0 unspecified atom stereocenters. The van der Waals surface area contributed by atoms with Gasteiger partial charge in [-0.15, -0.1) is 0 Å². The third kappa shape index (κ3) is 3.31. The Bertz CT molecular complexity index is 784. The van der Waals surface area contributed by atoms with E-state index in [1.54, 1.807) is 18.2 Å². The standard InChI is InChI=1S/C17H19NO3S/c1-13-3-2-4-16(11-13)22(19,20)18-9-7-14-5-6-17-15(12-14)8-10-21-17/h2-6,11-12,18H,7-10H2,1H3. The summed E-state index contributed by atoms with van der Waals surface area (Å²) in [6.07, 6.45) is 1.59. The van der Waals surface area contributed by atoms with E-state index in [1.165, 1.54) is 5.56 Å². The Morgan fingerprint density at radius 2 is 2.05 bits per heavy atom. The lowest BCUT2D eigenvalue weighted by Crippen LogP contribution is -2.26. The number of sulfonamides is 1. The van der Waals surface area contributed by atoms with E-state index in [9.17, 15) is 8.42 Å². The Labute approximate surface area is 131 Å². The zero-order valence-corrected chi connectivity index (χ0v) is 13.3. The first-order valence-electron chi connectivity index (χ1n) is 7.35. The van der Waals surface area contributed by atoms with Crippen LogP contribution < -0.4 is 9.46 Å². The van der Waals surface area contributed by atoms with Crippen molar-refractivity contribution in [1.29, 1.82) is 0 Å². The minimum atomic E-state index is -3.44. The molecule has 0 atom stereocenters. The smallest absolute Gasteiger partial charge is 0.240 e. The largest absolute Gasteiger partial charge is 0.493 e. The highest BCUT2D eigenvalue weighted by molar-refractivity contribution is 7.89. The fourth-order valence-electron chi connectivity index (χ4n) is 2.59. The van der Waals surface area contributed by atoms with Gasteiger partial charge in [-0.3, -0.25) is 0 Å². The van der Waals surface area contributed by atoms with Crippen molar-refractivity contribution < 1.29 is 13.2 Å². The summed E-state index contributed by atoms with van der Waals surface area (Å²) in [5, 5.41) is 0.